The Morgan fingerprint density at radius 2 is 2.00 bits per heavy atom. The zero-order valence-corrected chi connectivity index (χ0v) is 16.1. The van der Waals surface area contributed by atoms with Crippen molar-refractivity contribution >= 4 is 11.7 Å². The first-order valence-corrected chi connectivity index (χ1v) is 9.50. The van der Waals surface area contributed by atoms with Gasteiger partial charge in [-0.2, -0.15) is 5.10 Å². The monoisotopic (exact) mass is 376 g/mol. The van der Waals surface area contributed by atoms with E-state index in [9.17, 15) is 4.79 Å². The van der Waals surface area contributed by atoms with Gasteiger partial charge in [0.2, 0.25) is 0 Å². The number of aromatic amines is 1. The summed E-state index contributed by atoms with van der Waals surface area (Å²) >= 11 is 0. The Hall–Kier alpha value is -3.28. The molecule has 1 atom stereocenters. The molecule has 6 nitrogen and oxygen atoms in total. The van der Waals surface area contributed by atoms with Crippen LogP contribution in [0.1, 0.15) is 18.9 Å². The van der Waals surface area contributed by atoms with Crippen LogP contribution in [0.4, 0.5) is 10.5 Å². The lowest BCUT2D eigenvalue weighted by molar-refractivity contribution is 0.218. The molecule has 1 saturated heterocycles. The maximum atomic E-state index is 13.2. The van der Waals surface area contributed by atoms with Gasteiger partial charge in [0.25, 0.3) is 0 Å². The molecule has 0 radical (unpaired) electrons. The van der Waals surface area contributed by atoms with E-state index in [4.69, 9.17) is 4.74 Å². The second-order valence-electron chi connectivity index (χ2n) is 6.98. The molecule has 2 amide bonds. The summed E-state index contributed by atoms with van der Waals surface area (Å²) in [6.07, 6.45) is 4.56. The van der Waals surface area contributed by atoms with Crippen LogP contribution >= 0.6 is 0 Å². The Kier molecular flexibility index (Phi) is 5.02. The van der Waals surface area contributed by atoms with Gasteiger partial charge < -0.3 is 9.64 Å². The van der Waals surface area contributed by atoms with Crippen LogP contribution in [0.25, 0.3) is 11.1 Å². The molecule has 3 aromatic rings. The molecule has 0 spiro atoms. The molecule has 1 aliphatic heterocycles. The normalized spacial score (nSPS) is 16.6. The minimum absolute atomic E-state index is 0.0470. The molecule has 144 valence electrons. The Balaban J connectivity index is 1.54. The van der Waals surface area contributed by atoms with Gasteiger partial charge in [0, 0.05) is 30.5 Å². The van der Waals surface area contributed by atoms with Gasteiger partial charge >= 0.3 is 6.03 Å². The largest absolute Gasteiger partial charge is 0.497 e. The van der Waals surface area contributed by atoms with Crippen LogP contribution in [-0.4, -0.2) is 40.8 Å². The minimum atomic E-state index is 0.0470. The number of nitrogens with zero attached hydrogens (tertiary/aromatic N) is 3. The van der Waals surface area contributed by atoms with Crippen molar-refractivity contribution in [3.8, 4) is 16.9 Å². The van der Waals surface area contributed by atoms with Crippen LogP contribution < -0.4 is 9.64 Å². The first-order valence-electron chi connectivity index (χ1n) is 9.50. The number of amides is 2. The Bertz CT molecular complexity index is 937. The molecule has 2 aromatic carbocycles. The molecule has 1 N–H and O–H groups in total. The summed E-state index contributed by atoms with van der Waals surface area (Å²) < 4.78 is 5.30. The number of methoxy groups -OCH3 is 1. The number of carbonyl (C=O) groups is 1. The molecule has 0 aliphatic carbocycles. The maximum absolute atomic E-state index is 13.2. The van der Waals surface area contributed by atoms with Crippen molar-refractivity contribution in [2.45, 2.75) is 25.9 Å². The lowest BCUT2D eigenvalue weighted by Gasteiger charge is -2.22. The summed E-state index contributed by atoms with van der Waals surface area (Å²) in [4.78, 5) is 17.0. The third-order valence-electron chi connectivity index (χ3n) is 5.23. The summed E-state index contributed by atoms with van der Waals surface area (Å²) in [5.41, 5.74) is 4.10. The number of nitrogens with one attached hydrogen (secondary N) is 1. The van der Waals surface area contributed by atoms with Crippen LogP contribution in [-0.2, 0) is 6.54 Å². The van der Waals surface area contributed by atoms with Crippen molar-refractivity contribution < 1.29 is 9.53 Å². The average molecular weight is 376 g/mol. The molecule has 28 heavy (non-hydrogen) atoms. The number of hydrogen-bond acceptors (Lipinski definition) is 3. The second-order valence-corrected chi connectivity index (χ2v) is 6.98. The fraction of sp³-hybridized carbons (Fsp3) is 0.273. The third-order valence-corrected chi connectivity index (χ3v) is 5.23. The maximum Gasteiger partial charge on any atom is 0.325 e. The highest BCUT2D eigenvalue weighted by atomic mass is 16.5. The highest BCUT2D eigenvalue weighted by Crippen LogP contribution is 2.30. The number of carbonyl (C=O) groups excluding carboxylic acids is 1. The van der Waals surface area contributed by atoms with Crippen molar-refractivity contribution in [2.24, 2.45) is 0 Å². The molecule has 6 heteroatoms. The van der Waals surface area contributed by atoms with Gasteiger partial charge in [0.05, 0.1) is 19.3 Å². The summed E-state index contributed by atoms with van der Waals surface area (Å²) in [6.45, 7) is 3.42. The number of rotatable bonds is 6. The topological polar surface area (TPSA) is 61.5 Å². The number of benzene rings is 2. The SMILES string of the molecule is CCC1CN(Cc2cccc(OC)c2)C(=O)N1c1ccc(-c2cn[nH]c2)cc1. The smallest absolute Gasteiger partial charge is 0.325 e. The number of ether oxygens (including phenoxy) is 1. The predicted octanol–water partition coefficient (Wildman–Crippen LogP) is 4.31. The van der Waals surface area contributed by atoms with E-state index in [0.717, 1.165) is 41.1 Å². The molecule has 0 bridgehead atoms. The van der Waals surface area contributed by atoms with E-state index in [2.05, 4.69) is 17.1 Å². The Morgan fingerprint density at radius 1 is 1.18 bits per heavy atom. The van der Waals surface area contributed by atoms with Crippen molar-refractivity contribution in [1.82, 2.24) is 15.1 Å². The van der Waals surface area contributed by atoms with Crippen LogP contribution in [0, 0.1) is 0 Å². The van der Waals surface area contributed by atoms with Gasteiger partial charge in [0.15, 0.2) is 0 Å². The van der Waals surface area contributed by atoms with Crippen LogP contribution in [0.15, 0.2) is 60.9 Å². The standard InChI is InChI=1S/C22H24N4O2/c1-3-19-15-25(14-16-5-4-6-21(11-16)28-2)22(27)26(19)20-9-7-17(8-10-20)18-12-23-24-13-18/h4-13,19H,3,14-15H2,1-2H3,(H,23,24). The van der Waals surface area contributed by atoms with Gasteiger partial charge in [-0.15, -0.1) is 0 Å². The van der Waals surface area contributed by atoms with Crippen LogP contribution in [0.2, 0.25) is 0 Å². The summed E-state index contributed by atoms with van der Waals surface area (Å²) in [7, 11) is 1.65. The quantitative estimate of drug-likeness (QED) is 0.697. The molecule has 1 aliphatic rings. The summed E-state index contributed by atoms with van der Waals surface area (Å²) in [5.74, 6) is 0.808. The van der Waals surface area contributed by atoms with E-state index in [1.54, 1.807) is 13.3 Å². The van der Waals surface area contributed by atoms with Gasteiger partial charge in [0.1, 0.15) is 5.75 Å². The molecule has 1 aromatic heterocycles. The molecule has 1 fully saturated rings. The number of anilines is 1. The van der Waals surface area contributed by atoms with Crippen molar-refractivity contribution in [3.63, 3.8) is 0 Å². The highest BCUT2D eigenvalue weighted by Gasteiger charge is 2.37. The zero-order valence-electron chi connectivity index (χ0n) is 16.1. The van der Waals surface area contributed by atoms with E-state index in [0.29, 0.717) is 6.54 Å². The van der Waals surface area contributed by atoms with Gasteiger partial charge in [-0.25, -0.2) is 4.79 Å². The second kappa shape index (κ2) is 7.76. The number of aromatic nitrogens is 2. The average Bonchev–Trinajstić information content (AvgIpc) is 3.37. The van der Waals surface area contributed by atoms with E-state index < -0.39 is 0 Å². The number of H-pyrrole nitrogens is 1. The number of urea groups is 1. The first-order chi connectivity index (χ1) is 13.7. The fourth-order valence-electron chi connectivity index (χ4n) is 3.70. The van der Waals surface area contributed by atoms with Crippen molar-refractivity contribution in [3.05, 3.63) is 66.5 Å². The Morgan fingerprint density at radius 3 is 2.68 bits per heavy atom. The molecule has 0 saturated carbocycles. The molecule has 4 rings (SSSR count). The zero-order chi connectivity index (χ0) is 19.5. The lowest BCUT2D eigenvalue weighted by Crippen LogP contribution is -2.34. The Labute approximate surface area is 164 Å². The molecule has 1 unspecified atom stereocenters. The van der Waals surface area contributed by atoms with Crippen LogP contribution in [0.3, 0.4) is 0 Å². The van der Waals surface area contributed by atoms with E-state index >= 15 is 0 Å². The van der Waals surface area contributed by atoms with Gasteiger partial charge in [-0.1, -0.05) is 31.2 Å². The molecular formula is C22H24N4O2. The van der Waals surface area contributed by atoms with Gasteiger partial charge in [-0.3, -0.25) is 10.00 Å². The van der Waals surface area contributed by atoms with E-state index in [-0.39, 0.29) is 12.1 Å². The molecule has 2 heterocycles. The molecular weight excluding hydrogens is 352 g/mol. The summed E-state index contributed by atoms with van der Waals surface area (Å²) in [5, 5.41) is 6.82. The highest BCUT2D eigenvalue weighted by molar-refractivity contribution is 5.95. The van der Waals surface area contributed by atoms with Gasteiger partial charge in [-0.05, 0) is 41.8 Å². The third kappa shape index (κ3) is 3.45. The van der Waals surface area contributed by atoms with Crippen molar-refractivity contribution in [1.29, 1.82) is 0 Å². The first kappa shape index (κ1) is 18.1. The van der Waals surface area contributed by atoms with E-state index in [1.165, 1.54) is 0 Å². The van der Waals surface area contributed by atoms with Crippen LogP contribution in [0.5, 0.6) is 5.75 Å². The number of hydrogen-bond donors (Lipinski definition) is 1. The van der Waals surface area contributed by atoms with E-state index in [1.807, 2.05) is 64.5 Å². The van der Waals surface area contributed by atoms with Crippen molar-refractivity contribution in [2.75, 3.05) is 18.6 Å². The minimum Gasteiger partial charge on any atom is -0.497 e. The fourth-order valence-corrected chi connectivity index (χ4v) is 3.70. The summed E-state index contributed by atoms with van der Waals surface area (Å²) in [6, 6.07) is 16.2. The lowest BCUT2D eigenvalue weighted by atomic mass is 10.1. The predicted molar refractivity (Wildman–Crippen MR) is 109 cm³/mol.